The Labute approximate surface area is 89.0 Å². The second-order valence-corrected chi connectivity index (χ2v) is 3.86. The van der Waals surface area contributed by atoms with Crippen molar-refractivity contribution in [2.45, 2.75) is 13.8 Å². The Bertz CT molecular complexity index is 432. The molecule has 0 aliphatic carbocycles. The largest absolute Gasteiger partial charge is 0.384 e. The molecule has 0 atom stereocenters. The second-order valence-electron chi connectivity index (χ2n) is 3.86. The summed E-state index contributed by atoms with van der Waals surface area (Å²) in [6, 6.07) is 3.74. The quantitative estimate of drug-likeness (QED) is 0.790. The molecule has 15 heavy (non-hydrogen) atoms. The van der Waals surface area contributed by atoms with Crippen LogP contribution in [0.1, 0.15) is 19.4 Å². The van der Waals surface area contributed by atoms with Crippen molar-refractivity contribution in [3.8, 4) is 0 Å². The predicted octanol–water partition coefficient (Wildman–Crippen LogP) is 1.52. The van der Waals surface area contributed by atoms with Crippen molar-refractivity contribution in [2.75, 3.05) is 12.3 Å². The van der Waals surface area contributed by atoms with Crippen LogP contribution < -0.4 is 5.73 Å². The Morgan fingerprint density at radius 1 is 1.40 bits per heavy atom. The Kier molecular flexibility index (Phi) is 2.49. The van der Waals surface area contributed by atoms with Crippen LogP contribution >= 0.6 is 0 Å². The molecule has 1 aromatic heterocycles. The van der Waals surface area contributed by atoms with Gasteiger partial charge >= 0.3 is 0 Å². The molecule has 0 saturated carbocycles. The van der Waals surface area contributed by atoms with Crippen molar-refractivity contribution < 1.29 is 0 Å². The van der Waals surface area contributed by atoms with Gasteiger partial charge in [-0.2, -0.15) is 0 Å². The summed E-state index contributed by atoms with van der Waals surface area (Å²) in [6.07, 6.45) is 1.69. The van der Waals surface area contributed by atoms with Gasteiger partial charge in [0.2, 0.25) is 0 Å². The number of amidine groups is 1. The number of nitrogens with two attached hydrogens (primary N) is 1. The van der Waals surface area contributed by atoms with Crippen molar-refractivity contribution in [2.24, 2.45) is 15.9 Å². The first kappa shape index (κ1) is 9.83. The maximum atomic E-state index is 5.62. The Morgan fingerprint density at radius 3 is 2.80 bits per heavy atom. The Hall–Kier alpha value is -1.71. The summed E-state index contributed by atoms with van der Waals surface area (Å²) in [7, 11) is 0. The van der Waals surface area contributed by atoms with E-state index in [9.17, 15) is 0 Å². The molecule has 2 heterocycles. The summed E-state index contributed by atoms with van der Waals surface area (Å²) in [5.41, 5.74) is 7.61. The van der Waals surface area contributed by atoms with Crippen LogP contribution in [0.2, 0.25) is 0 Å². The van der Waals surface area contributed by atoms with Gasteiger partial charge in [-0.15, -0.1) is 0 Å². The minimum atomic E-state index is 0.377. The van der Waals surface area contributed by atoms with Gasteiger partial charge in [0.15, 0.2) is 0 Å². The second kappa shape index (κ2) is 3.81. The number of aliphatic imine (C=N–C) groups is 2. The van der Waals surface area contributed by atoms with E-state index in [2.05, 4.69) is 28.8 Å². The van der Waals surface area contributed by atoms with Gasteiger partial charge in [-0.05, 0) is 12.1 Å². The van der Waals surface area contributed by atoms with E-state index in [0.717, 1.165) is 17.1 Å². The summed E-state index contributed by atoms with van der Waals surface area (Å²) in [5.74, 6) is 1.82. The van der Waals surface area contributed by atoms with Crippen molar-refractivity contribution in [3.05, 3.63) is 23.9 Å². The van der Waals surface area contributed by atoms with E-state index in [1.165, 1.54) is 0 Å². The third kappa shape index (κ3) is 2.03. The van der Waals surface area contributed by atoms with E-state index < -0.39 is 0 Å². The van der Waals surface area contributed by atoms with Crippen LogP contribution in [-0.2, 0) is 0 Å². The third-order valence-electron chi connectivity index (χ3n) is 2.27. The highest BCUT2D eigenvalue weighted by Gasteiger charge is 2.14. The lowest BCUT2D eigenvalue weighted by Gasteiger charge is -2.00. The first-order valence-electron chi connectivity index (χ1n) is 5.00. The van der Waals surface area contributed by atoms with E-state index in [-0.39, 0.29) is 0 Å². The lowest BCUT2D eigenvalue weighted by molar-refractivity contribution is 0.874. The van der Waals surface area contributed by atoms with Crippen LogP contribution in [0.4, 0.5) is 5.82 Å². The molecule has 0 saturated heterocycles. The molecule has 2 N–H and O–H groups in total. The summed E-state index contributed by atoms with van der Waals surface area (Å²) >= 11 is 0. The van der Waals surface area contributed by atoms with Crippen molar-refractivity contribution in [1.82, 2.24) is 4.98 Å². The fourth-order valence-electron chi connectivity index (χ4n) is 1.46. The topological polar surface area (TPSA) is 63.6 Å². The number of hydrogen-bond donors (Lipinski definition) is 1. The van der Waals surface area contributed by atoms with Crippen LogP contribution in [0.3, 0.4) is 0 Å². The molecular formula is C11H14N4. The summed E-state index contributed by atoms with van der Waals surface area (Å²) < 4.78 is 0. The zero-order valence-electron chi connectivity index (χ0n) is 8.94. The summed E-state index contributed by atoms with van der Waals surface area (Å²) in [6.45, 7) is 4.83. The molecule has 0 unspecified atom stereocenters. The van der Waals surface area contributed by atoms with Crippen LogP contribution in [-0.4, -0.2) is 23.1 Å². The minimum absolute atomic E-state index is 0.377. The van der Waals surface area contributed by atoms with Crippen LogP contribution in [0.5, 0.6) is 0 Å². The van der Waals surface area contributed by atoms with Crippen molar-refractivity contribution in [3.63, 3.8) is 0 Å². The molecule has 78 valence electrons. The summed E-state index contributed by atoms with van der Waals surface area (Å²) in [5, 5.41) is 0. The molecule has 1 aliphatic rings. The minimum Gasteiger partial charge on any atom is -0.384 e. The van der Waals surface area contributed by atoms with E-state index in [1.807, 2.05) is 12.1 Å². The number of anilines is 1. The molecule has 1 aromatic rings. The Morgan fingerprint density at radius 2 is 2.20 bits per heavy atom. The first-order valence-corrected chi connectivity index (χ1v) is 5.00. The van der Waals surface area contributed by atoms with E-state index in [4.69, 9.17) is 5.73 Å². The third-order valence-corrected chi connectivity index (χ3v) is 2.27. The highest BCUT2D eigenvalue weighted by atomic mass is 15.0. The molecule has 0 aromatic carbocycles. The highest BCUT2D eigenvalue weighted by Crippen LogP contribution is 2.12. The molecule has 4 nitrogen and oxygen atoms in total. The SMILES string of the molecule is CC(C)C1=NCC(c2ccnc(N)c2)=N1. The van der Waals surface area contributed by atoms with E-state index in [1.54, 1.807) is 6.20 Å². The van der Waals surface area contributed by atoms with Gasteiger partial charge in [0.25, 0.3) is 0 Å². The van der Waals surface area contributed by atoms with Gasteiger partial charge in [0, 0.05) is 17.7 Å². The van der Waals surface area contributed by atoms with Gasteiger partial charge in [-0.1, -0.05) is 13.8 Å². The zero-order chi connectivity index (χ0) is 10.8. The van der Waals surface area contributed by atoms with Crippen LogP contribution in [0.25, 0.3) is 0 Å². The highest BCUT2D eigenvalue weighted by molar-refractivity contribution is 6.13. The number of hydrogen-bond acceptors (Lipinski definition) is 4. The van der Waals surface area contributed by atoms with Crippen molar-refractivity contribution >= 4 is 17.4 Å². The molecule has 0 fully saturated rings. The standard InChI is InChI=1S/C11H14N4/c1-7(2)11-14-6-9(15-11)8-3-4-13-10(12)5-8/h3-5,7H,6H2,1-2H3,(H2,12,13). The zero-order valence-corrected chi connectivity index (χ0v) is 8.94. The average Bonchev–Trinajstić information content (AvgIpc) is 2.66. The van der Waals surface area contributed by atoms with Gasteiger partial charge in [0.05, 0.1) is 12.3 Å². The van der Waals surface area contributed by atoms with Gasteiger partial charge in [0.1, 0.15) is 11.7 Å². The lowest BCUT2D eigenvalue weighted by atomic mass is 10.1. The molecule has 1 aliphatic heterocycles. The fraction of sp³-hybridized carbons (Fsp3) is 0.364. The van der Waals surface area contributed by atoms with Crippen LogP contribution in [0, 0.1) is 5.92 Å². The van der Waals surface area contributed by atoms with E-state index in [0.29, 0.717) is 18.3 Å². The van der Waals surface area contributed by atoms with Gasteiger partial charge in [-0.3, -0.25) is 4.99 Å². The number of aromatic nitrogens is 1. The maximum Gasteiger partial charge on any atom is 0.126 e. The van der Waals surface area contributed by atoms with Crippen molar-refractivity contribution in [1.29, 1.82) is 0 Å². The predicted molar refractivity (Wildman–Crippen MR) is 62.3 cm³/mol. The molecule has 4 heteroatoms. The molecule has 0 radical (unpaired) electrons. The van der Waals surface area contributed by atoms with Gasteiger partial charge < -0.3 is 5.73 Å². The Balaban J connectivity index is 2.25. The monoisotopic (exact) mass is 202 g/mol. The lowest BCUT2D eigenvalue weighted by Crippen LogP contribution is -2.04. The normalized spacial score (nSPS) is 15.4. The smallest absolute Gasteiger partial charge is 0.126 e. The number of nitrogen functional groups attached to an aromatic ring is 1. The fourth-order valence-corrected chi connectivity index (χ4v) is 1.46. The molecule has 0 bridgehead atoms. The average molecular weight is 202 g/mol. The first-order chi connectivity index (χ1) is 7.16. The molecule has 0 spiro atoms. The van der Waals surface area contributed by atoms with Gasteiger partial charge in [-0.25, -0.2) is 9.98 Å². The van der Waals surface area contributed by atoms with Crippen LogP contribution in [0.15, 0.2) is 28.3 Å². The number of pyridine rings is 1. The molecule has 0 amide bonds. The summed E-state index contributed by atoms with van der Waals surface area (Å²) in [4.78, 5) is 12.8. The number of nitrogens with zero attached hydrogens (tertiary/aromatic N) is 3. The number of rotatable bonds is 2. The maximum absolute atomic E-state index is 5.62. The molecular weight excluding hydrogens is 188 g/mol. The van der Waals surface area contributed by atoms with E-state index >= 15 is 0 Å². The molecule has 2 rings (SSSR count).